The van der Waals surface area contributed by atoms with Crippen LogP contribution >= 0.6 is 12.4 Å². The summed E-state index contributed by atoms with van der Waals surface area (Å²) >= 11 is 0. The van der Waals surface area contributed by atoms with Crippen molar-refractivity contribution in [2.45, 2.75) is 19.4 Å². The lowest BCUT2D eigenvalue weighted by molar-refractivity contribution is -0.138. The van der Waals surface area contributed by atoms with Gasteiger partial charge >= 0.3 is 5.97 Å². The van der Waals surface area contributed by atoms with Crippen molar-refractivity contribution >= 4 is 29.3 Å². The van der Waals surface area contributed by atoms with E-state index in [0.29, 0.717) is 0 Å². The van der Waals surface area contributed by atoms with E-state index in [4.69, 9.17) is 15.3 Å². The SMILES string of the molecule is Cc1cccc2c(CC(N)C(=O)O)coc12.Cl. The van der Waals surface area contributed by atoms with Gasteiger partial charge in [0.15, 0.2) is 0 Å². The third-order valence-electron chi connectivity index (χ3n) is 2.63. The van der Waals surface area contributed by atoms with E-state index in [1.54, 1.807) is 6.26 Å². The Bertz CT molecular complexity index is 536. The lowest BCUT2D eigenvalue weighted by Gasteiger charge is -2.03. The van der Waals surface area contributed by atoms with Crippen LogP contribution in [-0.4, -0.2) is 17.1 Å². The summed E-state index contributed by atoms with van der Waals surface area (Å²) in [7, 11) is 0. The first-order chi connectivity index (χ1) is 7.59. The maximum absolute atomic E-state index is 10.7. The van der Waals surface area contributed by atoms with E-state index in [-0.39, 0.29) is 18.8 Å². The molecule has 1 atom stereocenters. The van der Waals surface area contributed by atoms with Crippen LogP contribution in [0.1, 0.15) is 11.1 Å². The highest BCUT2D eigenvalue weighted by Gasteiger charge is 2.16. The van der Waals surface area contributed by atoms with E-state index in [1.807, 2.05) is 25.1 Å². The molecule has 0 fully saturated rings. The van der Waals surface area contributed by atoms with Crippen LogP contribution in [0, 0.1) is 6.92 Å². The number of carboxylic acids is 1. The zero-order valence-corrected chi connectivity index (χ0v) is 10.2. The van der Waals surface area contributed by atoms with Gasteiger partial charge in [-0.1, -0.05) is 18.2 Å². The molecule has 0 aliphatic rings. The number of carbonyl (C=O) groups is 1. The summed E-state index contributed by atoms with van der Waals surface area (Å²) in [4.78, 5) is 10.7. The van der Waals surface area contributed by atoms with E-state index in [9.17, 15) is 4.79 Å². The first-order valence-electron chi connectivity index (χ1n) is 5.03. The number of aliphatic carboxylic acids is 1. The molecule has 1 aromatic carbocycles. The molecular weight excluding hydrogens is 242 g/mol. The van der Waals surface area contributed by atoms with Crippen molar-refractivity contribution in [3.63, 3.8) is 0 Å². The molecule has 0 radical (unpaired) electrons. The largest absolute Gasteiger partial charge is 0.480 e. The van der Waals surface area contributed by atoms with Crippen LogP contribution in [0.3, 0.4) is 0 Å². The number of hydrogen-bond acceptors (Lipinski definition) is 3. The third kappa shape index (κ3) is 2.60. The number of aryl methyl sites for hydroxylation is 1. The molecule has 0 saturated carbocycles. The van der Waals surface area contributed by atoms with Crippen molar-refractivity contribution in [1.29, 1.82) is 0 Å². The zero-order chi connectivity index (χ0) is 11.7. The van der Waals surface area contributed by atoms with Crippen molar-refractivity contribution in [3.8, 4) is 0 Å². The van der Waals surface area contributed by atoms with Crippen molar-refractivity contribution in [2.75, 3.05) is 0 Å². The lowest BCUT2D eigenvalue weighted by atomic mass is 10.0. The maximum Gasteiger partial charge on any atom is 0.320 e. The molecule has 0 aliphatic carbocycles. The van der Waals surface area contributed by atoms with Crippen molar-refractivity contribution in [2.24, 2.45) is 5.73 Å². The molecular formula is C12H14ClNO3. The van der Waals surface area contributed by atoms with E-state index in [1.165, 1.54) is 0 Å². The van der Waals surface area contributed by atoms with Crippen LogP contribution in [0.5, 0.6) is 0 Å². The molecule has 17 heavy (non-hydrogen) atoms. The van der Waals surface area contributed by atoms with Gasteiger partial charge in [-0.25, -0.2) is 0 Å². The van der Waals surface area contributed by atoms with Gasteiger partial charge in [0, 0.05) is 17.4 Å². The number of rotatable bonds is 3. The molecule has 0 spiro atoms. The zero-order valence-electron chi connectivity index (χ0n) is 9.34. The Kier molecular flexibility index (Phi) is 4.15. The molecule has 1 heterocycles. The first-order valence-corrected chi connectivity index (χ1v) is 5.03. The summed E-state index contributed by atoms with van der Waals surface area (Å²) in [6.07, 6.45) is 1.87. The molecule has 2 aromatic rings. The molecule has 2 rings (SSSR count). The minimum absolute atomic E-state index is 0. The Labute approximate surface area is 105 Å². The van der Waals surface area contributed by atoms with Gasteiger partial charge in [0.2, 0.25) is 0 Å². The van der Waals surface area contributed by atoms with Gasteiger partial charge in [-0.2, -0.15) is 0 Å². The molecule has 0 amide bonds. The second kappa shape index (κ2) is 5.21. The molecule has 1 aromatic heterocycles. The number of hydrogen-bond donors (Lipinski definition) is 2. The lowest BCUT2D eigenvalue weighted by Crippen LogP contribution is -2.32. The molecule has 0 saturated heterocycles. The summed E-state index contributed by atoms with van der Waals surface area (Å²) in [5.41, 5.74) is 8.17. The monoisotopic (exact) mass is 255 g/mol. The van der Waals surface area contributed by atoms with Crippen molar-refractivity contribution < 1.29 is 14.3 Å². The number of para-hydroxylation sites is 1. The highest BCUT2D eigenvalue weighted by molar-refractivity contribution is 5.85. The number of halogens is 1. The Morgan fingerprint density at radius 1 is 1.53 bits per heavy atom. The molecule has 0 aliphatic heterocycles. The number of benzene rings is 1. The van der Waals surface area contributed by atoms with Gasteiger partial charge in [-0.15, -0.1) is 12.4 Å². The Balaban J connectivity index is 0.00000144. The van der Waals surface area contributed by atoms with Gasteiger partial charge in [0.25, 0.3) is 0 Å². The average Bonchev–Trinajstić information content (AvgIpc) is 2.63. The highest BCUT2D eigenvalue weighted by atomic mass is 35.5. The first kappa shape index (κ1) is 13.5. The second-order valence-electron chi connectivity index (χ2n) is 3.86. The quantitative estimate of drug-likeness (QED) is 0.881. The Morgan fingerprint density at radius 3 is 2.88 bits per heavy atom. The maximum atomic E-state index is 10.7. The van der Waals surface area contributed by atoms with E-state index in [2.05, 4.69) is 0 Å². The molecule has 1 unspecified atom stereocenters. The molecule has 5 heteroatoms. The van der Waals surface area contributed by atoms with E-state index < -0.39 is 12.0 Å². The minimum atomic E-state index is -0.998. The van der Waals surface area contributed by atoms with Crippen LogP contribution in [0.2, 0.25) is 0 Å². The van der Waals surface area contributed by atoms with Gasteiger partial charge in [-0.3, -0.25) is 4.79 Å². The number of furan rings is 1. The van der Waals surface area contributed by atoms with Crippen LogP contribution in [0.25, 0.3) is 11.0 Å². The van der Waals surface area contributed by atoms with Gasteiger partial charge in [0.1, 0.15) is 11.6 Å². The predicted molar refractivity (Wildman–Crippen MR) is 67.5 cm³/mol. The summed E-state index contributed by atoms with van der Waals surface area (Å²) in [5, 5.41) is 9.69. The standard InChI is InChI=1S/C12H13NO3.ClH/c1-7-3-2-4-9-8(6-16-11(7)9)5-10(13)12(14)15;/h2-4,6,10H,5,13H2,1H3,(H,14,15);1H. The Hall–Kier alpha value is -1.52. The average molecular weight is 256 g/mol. The molecule has 0 bridgehead atoms. The van der Waals surface area contributed by atoms with Crippen molar-refractivity contribution in [3.05, 3.63) is 35.6 Å². The summed E-state index contributed by atoms with van der Waals surface area (Å²) < 4.78 is 5.41. The van der Waals surface area contributed by atoms with Crippen LogP contribution in [-0.2, 0) is 11.2 Å². The van der Waals surface area contributed by atoms with Crippen LogP contribution < -0.4 is 5.73 Å². The van der Waals surface area contributed by atoms with E-state index in [0.717, 1.165) is 22.1 Å². The molecule has 4 nitrogen and oxygen atoms in total. The number of carboxylic acid groups (broad SMARTS) is 1. The highest BCUT2D eigenvalue weighted by Crippen LogP contribution is 2.24. The van der Waals surface area contributed by atoms with Crippen LogP contribution in [0.15, 0.2) is 28.9 Å². The number of nitrogens with two attached hydrogens (primary N) is 1. The fourth-order valence-corrected chi connectivity index (χ4v) is 1.74. The summed E-state index contributed by atoms with van der Waals surface area (Å²) in [5.74, 6) is -0.998. The minimum Gasteiger partial charge on any atom is -0.480 e. The number of fused-ring (bicyclic) bond motifs is 1. The summed E-state index contributed by atoms with van der Waals surface area (Å²) in [6.45, 7) is 1.95. The molecule has 92 valence electrons. The topological polar surface area (TPSA) is 76.5 Å². The molecule has 3 N–H and O–H groups in total. The predicted octanol–water partition coefficient (Wildman–Crippen LogP) is 2.12. The second-order valence-corrected chi connectivity index (χ2v) is 3.86. The normalized spacial score (nSPS) is 12.1. The fourth-order valence-electron chi connectivity index (χ4n) is 1.74. The third-order valence-corrected chi connectivity index (χ3v) is 2.63. The smallest absolute Gasteiger partial charge is 0.320 e. The van der Waals surface area contributed by atoms with Gasteiger partial charge in [0.05, 0.1) is 6.26 Å². The Morgan fingerprint density at radius 2 is 2.24 bits per heavy atom. The van der Waals surface area contributed by atoms with E-state index >= 15 is 0 Å². The van der Waals surface area contributed by atoms with Crippen molar-refractivity contribution in [1.82, 2.24) is 0 Å². The fraction of sp³-hybridized carbons (Fsp3) is 0.250. The van der Waals surface area contributed by atoms with Crippen LogP contribution in [0.4, 0.5) is 0 Å². The van der Waals surface area contributed by atoms with Gasteiger partial charge < -0.3 is 15.3 Å². The van der Waals surface area contributed by atoms with Gasteiger partial charge in [-0.05, 0) is 12.5 Å². The summed E-state index contributed by atoms with van der Waals surface area (Å²) in [6, 6.07) is 4.90.